The third-order valence-corrected chi connectivity index (χ3v) is 3.62. The Bertz CT molecular complexity index is 685. The van der Waals surface area contributed by atoms with Gasteiger partial charge in [0.15, 0.2) is 11.5 Å². The minimum Gasteiger partial charge on any atom is -0.490 e. The second-order valence-corrected chi connectivity index (χ2v) is 5.36. The fourth-order valence-electron chi connectivity index (χ4n) is 2.40. The van der Waals surface area contributed by atoms with E-state index < -0.39 is 4.92 Å². The molecule has 3 rings (SSSR count). The van der Waals surface area contributed by atoms with Crippen LogP contribution < -0.4 is 14.8 Å². The summed E-state index contributed by atoms with van der Waals surface area (Å²) in [6, 6.07) is 12.5. The van der Waals surface area contributed by atoms with Crippen LogP contribution in [0, 0.1) is 10.1 Å². The van der Waals surface area contributed by atoms with Gasteiger partial charge in [0.05, 0.1) is 18.1 Å². The number of nitro benzene ring substituents is 1. The lowest BCUT2D eigenvalue weighted by atomic mass is 10.1. The van der Waals surface area contributed by atoms with Crippen molar-refractivity contribution in [2.75, 3.05) is 13.2 Å². The van der Waals surface area contributed by atoms with E-state index in [1.807, 2.05) is 18.2 Å². The highest BCUT2D eigenvalue weighted by molar-refractivity contribution is 5.43. The Hall–Kier alpha value is -2.60. The minimum atomic E-state index is -0.394. The summed E-state index contributed by atoms with van der Waals surface area (Å²) in [5, 5.41) is 13.9. The van der Waals surface area contributed by atoms with Crippen molar-refractivity contribution in [3.63, 3.8) is 0 Å². The SMILES string of the molecule is O=[N+]([O-])c1ccc(CNCc2ccc3c(c2)OCCCO3)cc1. The standard InChI is InChI=1S/C17H18N2O4/c20-19(21)15-5-2-13(3-6-15)11-18-12-14-4-7-16-17(10-14)23-9-1-8-22-16/h2-7,10,18H,1,8-9,11-12H2. The van der Waals surface area contributed by atoms with Gasteiger partial charge in [-0.2, -0.15) is 0 Å². The Balaban J connectivity index is 1.56. The summed E-state index contributed by atoms with van der Waals surface area (Å²) in [7, 11) is 0. The molecule has 0 atom stereocenters. The number of rotatable bonds is 5. The summed E-state index contributed by atoms with van der Waals surface area (Å²) >= 11 is 0. The number of nitro groups is 1. The number of benzene rings is 2. The molecule has 0 fully saturated rings. The molecule has 0 unspecified atom stereocenters. The average molecular weight is 314 g/mol. The van der Waals surface area contributed by atoms with Crippen molar-refractivity contribution in [1.29, 1.82) is 0 Å². The van der Waals surface area contributed by atoms with Crippen LogP contribution in [0.2, 0.25) is 0 Å². The van der Waals surface area contributed by atoms with Crippen molar-refractivity contribution in [1.82, 2.24) is 5.32 Å². The average Bonchev–Trinajstić information content (AvgIpc) is 2.80. The zero-order valence-corrected chi connectivity index (χ0v) is 12.7. The van der Waals surface area contributed by atoms with E-state index in [4.69, 9.17) is 9.47 Å². The van der Waals surface area contributed by atoms with Crippen molar-refractivity contribution >= 4 is 5.69 Å². The number of ether oxygens (including phenoxy) is 2. The molecule has 0 amide bonds. The van der Waals surface area contributed by atoms with Gasteiger partial charge < -0.3 is 14.8 Å². The fourth-order valence-corrected chi connectivity index (χ4v) is 2.40. The van der Waals surface area contributed by atoms with Crippen molar-refractivity contribution in [3.05, 3.63) is 63.7 Å². The van der Waals surface area contributed by atoms with Crippen molar-refractivity contribution in [2.24, 2.45) is 0 Å². The molecule has 1 heterocycles. The molecule has 1 N–H and O–H groups in total. The molecule has 0 saturated carbocycles. The van der Waals surface area contributed by atoms with Crippen molar-refractivity contribution in [3.8, 4) is 11.5 Å². The third-order valence-electron chi connectivity index (χ3n) is 3.62. The van der Waals surface area contributed by atoms with Crippen LogP contribution in [0.3, 0.4) is 0 Å². The number of nitrogens with one attached hydrogen (secondary N) is 1. The molecule has 6 heteroatoms. The number of fused-ring (bicyclic) bond motifs is 1. The Morgan fingerprint density at radius 2 is 1.61 bits per heavy atom. The van der Waals surface area contributed by atoms with Gasteiger partial charge in [0, 0.05) is 31.6 Å². The molecule has 2 aromatic carbocycles. The van der Waals surface area contributed by atoms with Crippen LogP contribution in [0.4, 0.5) is 5.69 Å². The lowest BCUT2D eigenvalue weighted by Gasteiger charge is -2.10. The molecule has 1 aliphatic rings. The summed E-state index contributed by atoms with van der Waals surface area (Å²) in [6.45, 7) is 2.69. The molecule has 0 bridgehead atoms. The molecule has 0 saturated heterocycles. The molecular weight excluding hydrogens is 296 g/mol. The van der Waals surface area contributed by atoms with Crippen molar-refractivity contribution in [2.45, 2.75) is 19.5 Å². The molecular formula is C17H18N2O4. The molecule has 0 spiro atoms. The van der Waals surface area contributed by atoms with Gasteiger partial charge in [-0.05, 0) is 23.3 Å². The molecule has 1 aliphatic heterocycles. The lowest BCUT2D eigenvalue weighted by molar-refractivity contribution is -0.384. The van der Waals surface area contributed by atoms with Crippen LogP contribution >= 0.6 is 0 Å². The van der Waals surface area contributed by atoms with E-state index in [1.54, 1.807) is 12.1 Å². The Morgan fingerprint density at radius 3 is 2.35 bits per heavy atom. The molecule has 23 heavy (non-hydrogen) atoms. The van der Waals surface area contributed by atoms with Crippen LogP contribution in [0.1, 0.15) is 17.5 Å². The maximum Gasteiger partial charge on any atom is 0.269 e. The zero-order valence-electron chi connectivity index (χ0n) is 12.7. The number of hydrogen-bond donors (Lipinski definition) is 1. The normalized spacial score (nSPS) is 13.4. The summed E-state index contributed by atoms with van der Waals surface area (Å²) in [5.74, 6) is 1.58. The minimum absolute atomic E-state index is 0.108. The summed E-state index contributed by atoms with van der Waals surface area (Å²) in [4.78, 5) is 10.2. The van der Waals surface area contributed by atoms with E-state index in [0.29, 0.717) is 26.3 Å². The van der Waals surface area contributed by atoms with Crippen LogP contribution in [-0.4, -0.2) is 18.1 Å². The number of hydrogen-bond acceptors (Lipinski definition) is 5. The second-order valence-electron chi connectivity index (χ2n) is 5.36. The van der Waals surface area contributed by atoms with E-state index in [-0.39, 0.29) is 5.69 Å². The van der Waals surface area contributed by atoms with Gasteiger partial charge in [-0.15, -0.1) is 0 Å². The zero-order chi connectivity index (χ0) is 16.1. The predicted octanol–water partition coefficient (Wildman–Crippen LogP) is 3.05. The fraction of sp³-hybridized carbons (Fsp3) is 0.294. The maximum atomic E-state index is 10.6. The van der Waals surface area contributed by atoms with Gasteiger partial charge >= 0.3 is 0 Å². The lowest BCUT2D eigenvalue weighted by Crippen LogP contribution is -2.12. The molecule has 0 radical (unpaired) electrons. The summed E-state index contributed by atoms with van der Waals surface area (Å²) in [5.41, 5.74) is 2.22. The highest BCUT2D eigenvalue weighted by Gasteiger charge is 2.10. The van der Waals surface area contributed by atoms with Crippen molar-refractivity contribution < 1.29 is 14.4 Å². The first kappa shape index (κ1) is 15.3. The van der Waals surface area contributed by atoms with Crippen LogP contribution in [-0.2, 0) is 13.1 Å². The molecule has 120 valence electrons. The first-order valence-corrected chi connectivity index (χ1v) is 7.55. The molecule has 0 aromatic heterocycles. The summed E-state index contributed by atoms with van der Waals surface area (Å²) < 4.78 is 11.3. The van der Waals surface area contributed by atoms with Gasteiger partial charge in [-0.3, -0.25) is 10.1 Å². The van der Waals surface area contributed by atoms with Gasteiger partial charge in [0.1, 0.15) is 0 Å². The molecule has 2 aromatic rings. The molecule has 6 nitrogen and oxygen atoms in total. The molecule has 0 aliphatic carbocycles. The van der Waals surface area contributed by atoms with E-state index in [9.17, 15) is 10.1 Å². The Labute approximate surface area is 134 Å². The third kappa shape index (κ3) is 3.98. The Kier molecular flexibility index (Phi) is 4.73. The van der Waals surface area contributed by atoms with E-state index in [1.165, 1.54) is 12.1 Å². The number of nitrogens with zero attached hydrogens (tertiary/aromatic N) is 1. The largest absolute Gasteiger partial charge is 0.490 e. The van der Waals surface area contributed by atoms with Gasteiger partial charge in [0.2, 0.25) is 0 Å². The predicted molar refractivity (Wildman–Crippen MR) is 85.7 cm³/mol. The van der Waals surface area contributed by atoms with Crippen LogP contribution in [0.15, 0.2) is 42.5 Å². The van der Waals surface area contributed by atoms with Crippen LogP contribution in [0.25, 0.3) is 0 Å². The van der Waals surface area contributed by atoms with Gasteiger partial charge in [0.25, 0.3) is 5.69 Å². The van der Waals surface area contributed by atoms with E-state index in [2.05, 4.69) is 5.32 Å². The van der Waals surface area contributed by atoms with Gasteiger partial charge in [-0.1, -0.05) is 18.2 Å². The smallest absolute Gasteiger partial charge is 0.269 e. The van der Waals surface area contributed by atoms with Gasteiger partial charge in [-0.25, -0.2) is 0 Å². The Morgan fingerprint density at radius 1 is 0.957 bits per heavy atom. The highest BCUT2D eigenvalue weighted by Crippen LogP contribution is 2.30. The first-order chi connectivity index (χ1) is 11.2. The monoisotopic (exact) mass is 314 g/mol. The topological polar surface area (TPSA) is 73.6 Å². The van der Waals surface area contributed by atoms with Crippen LogP contribution in [0.5, 0.6) is 11.5 Å². The second kappa shape index (κ2) is 7.11. The quantitative estimate of drug-likeness (QED) is 0.678. The van der Waals surface area contributed by atoms with E-state index in [0.717, 1.165) is 29.0 Å². The maximum absolute atomic E-state index is 10.6. The summed E-state index contributed by atoms with van der Waals surface area (Å²) in [6.07, 6.45) is 0.891. The van der Waals surface area contributed by atoms with E-state index >= 15 is 0 Å². The first-order valence-electron chi connectivity index (χ1n) is 7.55. The number of non-ortho nitro benzene ring substituents is 1. The highest BCUT2D eigenvalue weighted by atomic mass is 16.6.